The lowest BCUT2D eigenvalue weighted by molar-refractivity contribution is 0.334. The van der Waals surface area contributed by atoms with E-state index in [-0.39, 0.29) is 6.04 Å². The van der Waals surface area contributed by atoms with Crippen molar-refractivity contribution in [3.63, 3.8) is 0 Å². The zero-order chi connectivity index (χ0) is 14.6. The van der Waals surface area contributed by atoms with Crippen molar-refractivity contribution < 1.29 is 8.42 Å². The Balaban J connectivity index is 1.78. The molecule has 5 heteroatoms. The molecule has 0 spiro atoms. The van der Waals surface area contributed by atoms with E-state index in [1.807, 2.05) is 24.3 Å². The van der Waals surface area contributed by atoms with Gasteiger partial charge in [0.15, 0.2) is 0 Å². The zero-order valence-corrected chi connectivity index (χ0v) is 12.5. The van der Waals surface area contributed by atoms with Crippen molar-refractivity contribution in [2.45, 2.75) is 30.2 Å². The average molecular weight is 302 g/mol. The Bertz CT molecular complexity index is 816. The standard InChI is InChI=1S/C16H18N2O2S/c17-15-5-1-3-11-9-13(6-7-14(11)15)21(19,20)18-8-2-4-12-10-16(12)18/h1,3,5-7,9,12,16H,2,4,8,10,17H2. The summed E-state index contributed by atoms with van der Waals surface area (Å²) in [5.74, 6) is 0.588. The molecule has 0 radical (unpaired) electrons. The summed E-state index contributed by atoms with van der Waals surface area (Å²) >= 11 is 0. The number of hydrogen-bond acceptors (Lipinski definition) is 3. The van der Waals surface area contributed by atoms with Crippen LogP contribution >= 0.6 is 0 Å². The predicted octanol–water partition coefficient (Wildman–Crippen LogP) is 2.60. The Morgan fingerprint density at radius 1 is 1.19 bits per heavy atom. The van der Waals surface area contributed by atoms with Gasteiger partial charge in [-0.15, -0.1) is 0 Å². The van der Waals surface area contributed by atoms with Crippen LogP contribution < -0.4 is 5.73 Å². The van der Waals surface area contributed by atoms with Gasteiger partial charge in [0.05, 0.1) is 4.90 Å². The van der Waals surface area contributed by atoms with Crippen molar-refractivity contribution in [2.75, 3.05) is 12.3 Å². The Kier molecular flexibility index (Phi) is 2.78. The van der Waals surface area contributed by atoms with E-state index in [2.05, 4.69) is 0 Å². The topological polar surface area (TPSA) is 63.4 Å². The number of nitrogens with two attached hydrogens (primary N) is 1. The molecule has 1 saturated heterocycles. The number of sulfonamides is 1. The summed E-state index contributed by atoms with van der Waals surface area (Å²) in [6.45, 7) is 0.651. The van der Waals surface area contributed by atoms with Gasteiger partial charge in [0, 0.05) is 23.7 Å². The fourth-order valence-corrected chi connectivity index (χ4v) is 5.22. The fourth-order valence-electron chi connectivity index (χ4n) is 3.45. The van der Waals surface area contributed by atoms with Crippen molar-refractivity contribution in [2.24, 2.45) is 5.92 Å². The molecule has 110 valence electrons. The predicted molar refractivity (Wildman–Crippen MR) is 83.4 cm³/mol. The first kappa shape index (κ1) is 13.1. The lowest BCUT2D eigenvalue weighted by Crippen LogP contribution is -2.37. The van der Waals surface area contributed by atoms with Gasteiger partial charge in [-0.2, -0.15) is 4.31 Å². The summed E-state index contributed by atoms with van der Waals surface area (Å²) in [5, 5.41) is 1.78. The fraction of sp³-hybridized carbons (Fsp3) is 0.375. The lowest BCUT2D eigenvalue weighted by atomic mass is 10.1. The molecule has 2 aromatic carbocycles. The van der Waals surface area contributed by atoms with Crippen molar-refractivity contribution in [1.29, 1.82) is 0 Å². The quantitative estimate of drug-likeness (QED) is 0.867. The zero-order valence-electron chi connectivity index (χ0n) is 11.7. The highest BCUT2D eigenvalue weighted by Crippen LogP contribution is 2.45. The van der Waals surface area contributed by atoms with Gasteiger partial charge in [0.2, 0.25) is 10.0 Å². The van der Waals surface area contributed by atoms with Gasteiger partial charge in [-0.25, -0.2) is 8.42 Å². The van der Waals surface area contributed by atoms with Crippen LogP contribution in [0.2, 0.25) is 0 Å². The largest absolute Gasteiger partial charge is 0.398 e. The molecule has 4 nitrogen and oxygen atoms in total. The normalized spacial score (nSPS) is 25.7. The summed E-state index contributed by atoms with van der Waals surface area (Å²) < 4.78 is 27.4. The monoisotopic (exact) mass is 302 g/mol. The van der Waals surface area contributed by atoms with Gasteiger partial charge in [-0.1, -0.05) is 18.2 Å². The first-order valence-corrected chi connectivity index (χ1v) is 8.81. The molecule has 1 saturated carbocycles. The molecule has 2 fully saturated rings. The summed E-state index contributed by atoms with van der Waals surface area (Å²) in [4.78, 5) is 0.383. The van der Waals surface area contributed by atoms with Crippen LogP contribution in [0.5, 0.6) is 0 Å². The number of benzene rings is 2. The minimum Gasteiger partial charge on any atom is -0.398 e. The first-order valence-electron chi connectivity index (χ1n) is 7.37. The lowest BCUT2D eigenvalue weighted by Gasteiger charge is -2.26. The molecule has 21 heavy (non-hydrogen) atoms. The molecular formula is C16H18N2O2S. The third-order valence-electron chi connectivity index (χ3n) is 4.70. The molecule has 0 amide bonds. The van der Waals surface area contributed by atoms with Crippen LogP contribution in [0, 0.1) is 5.92 Å². The highest BCUT2D eigenvalue weighted by molar-refractivity contribution is 7.89. The van der Waals surface area contributed by atoms with Gasteiger partial charge in [-0.05, 0) is 48.8 Å². The number of fused-ring (bicyclic) bond motifs is 2. The molecule has 1 aliphatic heterocycles. The van der Waals surface area contributed by atoms with Crippen molar-refractivity contribution in [1.82, 2.24) is 4.31 Å². The highest BCUT2D eigenvalue weighted by atomic mass is 32.2. The minimum absolute atomic E-state index is 0.236. The van der Waals surface area contributed by atoms with Gasteiger partial charge in [-0.3, -0.25) is 0 Å². The second kappa shape index (κ2) is 4.45. The van der Waals surface area contributed by atoms with Gasteiger partial charge in [0.1, 0.15) is 0 Å². The SMILES string of the molecule is Nc1cccc2cc(S(=O)(=O)N3CCCC4CC43)ccc12. The molecule has 2 N–H and O–H groups in total. The van der Waals surface area contributed by atoms with E-state index in [0.29, 0.717) is 23.0 Å². The van der Waals surface area contributed by atoms with E-state index >= 15 is 0 Å². The van der Waals surface area contributed by atoms with Gasteiger partial charge >= 0.3 is 0 Å². The van der Waals surface area contributed by atoms with Gasteiger partial charge in [0.25, 0.3) is 0 Å². The van der Waals surface area contributed by atoms with Crippen molar-refractivity contribution in [3.05, 3.63) is 36.4 Å². The van der Waals surface area contributed by atoms with Crippen LogP contribution in [0.15, 0.2) is 41.3 Å². The van der Waals surface area contributed by atoms with E-state index in [1.165, 1.54) is 6.42 Å². The van der Waals surface area contributed by atoms with Crippen molar-refractivity contribution in [3.8, 4) is 0 Å². The number of piperidine rings is 1. The molecule has 2 aliphatic rings. The maximum atomic E-state index is 12.8. The Morgan fingerprint density at radius 2 is 2.05 bits per heavy atom. The Labute approximate surface area is 124 Å². The van der Waals surface area contributed by atoms with E-state index in [4.69, 9.17) is 5.73 Å². The first-order chi connectivity index (χ1) is 10.1. The summed E-state index contributed by atoms with van der Waals surface area (Å²) in [7, 11) is -3.38. The van der Waals surface area contributed by atoms with E-state index in [1.54, 1.807) is 16.4 Å². The second-order valence-electron chi connectivity index (χ2n) is 6.05. The molecule has 2 unspecified atom stereocenters. The molecule has 2 atom stereocenters. The van der Waals surface area contributed by atoms with Gasteiger partial charge < -0.3 is 5.73 Å². The maximum absolute atomic E-state index is 12.8. The van der Waals surface area contributed by atoms with Crippen LogP contribution in [-0.2, 0) is 10.0 Å². The number of nitrogen functional groups attached to an aromatic ring is 1. The number of anilines is 1. The highest BCUT2D eigenvalue weighted by Gasteiger charge is 2.48. The molecular weight excluding hydrogens is 284 g/mol. The van der Waals surface area contributed by atoms with Crippen LogP contribution in [-0.4, -0.2) is 25.3 Å². The Morgan fingerprint density at radius 3 is 2.90 bits per heavy atom. The molecule has 0 bridgehead atoms. The van der Waals surface area contributed by atoms with Crippen LogP contribution in [0.4, 0.5) is 5.69 Å². The van der Waals surface area contributed by atoms with Crippen LogP contribution in [0.25, 0.3) is 10.8 Å². The number of hydrogen-bond donors (Lipinski definition) is 1. The van der Waals surface area contributed by atoms with E-state index in [0.717, 1.165) is 23.6 Å². The third kappa shape index (κ3) is 2.03. The second-order valence-corrected chi connectivity index (χ2v) is 7.94. The van der Waals surface area contributed by atoms with E-state index in [9.17, 15) is 8.42 Å². The maximum Gasteiger partial charge on any atom is 0.243 e. The summed E-state index contributed by atoms with van der Waals surface area (Å²) in [6.07, 6.45) is 3.17. The van der Waals surface area contributed by atoms with Crippen LogP contribution in [0.3, 0.4) is 0 Å². The van der Waals surface area contributed by atoms with Crippen molar-refractivity contribution >= 4 is 26.5 Å². The molecule has 2 aromatic rings. The summed E-state index contributed by atoms with van der Waals surface area (Å²) in [5.41, 5.74) is 6.60. The third-order valence-corrected chi connectivity index (χ3v) is 6.62. The van der Waals surface area contributed by atoms with E-state index < -0.39 is 10.0 Å². The average Bonchev–Trinajstić information content (AvgIpc) is 3.26. The summed E-state index contributed by atoms with van der Waals surface area (Å²) in [6, 6.07) is 11.1. The molecule has 0 aromatic heterocycles. The number of nitrogens with zero attached hydrogens (tertiary/aromatic N) is 1. The molecule has 4 rings (SSSR count). The minimum atomic E-state index is -3.38. The molecule has 1 heterocycles. The molecule has 1 aliphatic carbocycles. The smallest absolute Gasteiger partial charge is 0.243 e. The Hall–Kier alpha value is -1.59. The number of rotatable bonds is 2. The van der Waals surface area contributed by atoms with Crippen LogP contribution in [0.1, 0.15) is 19.3 Å².